The quantitative estimate of drug-likeness (QED) is 0.808. The van der Waals surface area contributed by atoms with Gasteiger partial charge >= 0.3 is 0 Å². The van der Waals surface area contributed by atoms with Crippen LogP contribution in [-0.2, 0) is 4.79 Å². The maximum Gasteiger partial charge on any atom is 0.234 e. The molecule has 7 nitrogen and oxygen atoms in total. The van der Waals surface area contributed by atoms with Gasteiger partial charge in [-0.1, -0.05) is 12.8 Å². The van der Waals surface area contributed by atoms with E-state index < -0.39 is 0 Å². The summed E-state index contributed by atoms with van der Waals surface area (Å²) in [7, 11) is 0. The standard InChI is InChI=1S/C19H24N6O/c20-10-15-5-6-17(22-12-15)23-14-19(7-1-2-8-19)24-18(26)13-25-9-3-4-16(25)11-21/h5-6,12,16H,1-4,7-9,13-14H2,(H,22,23)(H,24,26)/t16-/m0/s1. The van der Waals surface area contributed by atoms with Crippen molar-refractivity contribution in [3.05, 3.63) is 23.9 Å². The highest BCUT2D eigenvalue weighted by molar-refractivity contribution is 5.79. The van der Waals surface area contributed by atoms with E-state index in [2.05, 4.69) is 27.8 Å². The van der Waals surface area contributed by atoms with Gasteiger partial charge in [0.05, 0.1) is 29.8 Å². The number of hydrogen-bond donors (Lipinski definition) is 2. The number of nitrogens with one attached hydrogen (secondary N) is 2. The van der Waals surface area contributed by atoms with Crippen molar-refractivity contribution >= 4 is 11.7 Å². The van der Waals surface area contributed by atoms with Crippen LogP contribution in [-0.4, -0.2) is 47.0 Å². The summed E-state index contributed by atoms with van der Waals surface area (Å²) in [5.74, 6) is 0.692. The molecule has 26 heavy (non-hydrogen) atoms. The van der Waals surface area contributed by atoms with E-state index in [0.717, 1.165) is 45.1 Å². The molecule has 136 valence electrons. The molecule has 1 saturated carbocycles. The van der Waals surface area contributed by atoms with Gasteiger partial charge in [0.15, 0.2) is 0 Å². The molecular weight excluding hydrogens is 328 g/mol. The molecule has 1 aliphatic carbocycles. The van der Waals surface area contributed by atoms with Crippen LogP contribution in [0, 0.1) is 22.7 Å². The van der Waals surface area contributed by atoms with Crippen molar-refractivity contribution in [2.75, 3.05) is 25.0 Å². The molecular formula is C19H24N6O. The molecule has 1 aliphatic heterocycles. The molecule has 0 bridgehead atoms. The highest BCUT2D eigenvalue weighted by Gasteiger charge is 2.36. The molecule has 2 N–H and O–H groups in total. The number of hydrogen-bond acceptors (Lipinski definition) is 6. The average Bonchev–Trinajstić information content (AvgIpc) is 3.30. The van der Waals surface area contributed by atoms with Crippen molar-refractivity contribution in [1.29, 1.82) is 10.5 Å². The Balaban J connectivity index is 1.57. The van der Waals surface area contributed by atoms with Gasteiger partial charge < -0.3 is 10.6 Å². The van der Waals surface area contributed by atoms with Gasteiger partial charge in [0.1, 0.15) is 11.9 Å². The van der Waals surface area contributed by atoms with Crippen LogP contribution in [0.4, 0.5) is 5.82 Å². The van der Waals surface area contributed by atoms with E-state index in [1.165, 1.54) is 6.20 Å². The fourth-order valence-electron chi connectivity index (χ4n) is 3.90. The maximum absolute atomic E-state index is 12.6. The molecule has 3 rings (SSSR count). The van der Waals surface area contributed by atoms with E-state index in [4.69, 9.17) is 5.26 Å². The van der Waals surface area contributed by atoms with E-state index in [1.807, 2.05) is 4.90 Å². The second-order valence-corrected chi connectivity index (χ2v) is 7.19. The van der Waals surface area contributed by atoms with Crippen LogP contribution in [0.25, 0.3) is 0 Å². The molecule has 0 spiro atoms. The smallest absolute Gasteiger partial charge is 0.234 e. The normalized spacial score (nSPS) is 21.7. The topological polar surface area (TPSA) is 105 Å². The second-order valence-electron chi connectivity index (χ2n) is 7.19. The molecule has 2 aliphatic rings. The largest absolute Gasteiger partial charge is 0.368 e. The minimum absolute atomic E-state index is 0.0105. The fraction of sp³-hybridized carbons (Fsp3) is 0.579. The Bertz CT molecular complexity index is 711. The summed E-state index contributed by atoms with van der Waals surface area (Å²) in [4.78, 5) is 18.8. The fourth-order valence-corrected chi connectivity index (χ4v) is 3.90. The molecule has 0 aromatic carbocycles. The molecule has 1 atom stereocenters. The van der Waals surface area contributed by atoms with Crippen molar-refractivity contribution < 1.29 is 4.79 Å². The molecule has 0 radical (unpaired) electrons. The number of rotatable bonds is 6. The lowest BCUT2D eigenvalue weighted by molar-refractivity contribution is -0.124. The first-order valence-corrected chi connectivity index (χ1v) is 9.19. The van der Waals surface area contributed by atoms with E-state index in [1.54, 1.807) is 12.1 Å². The van der Waals surface area contributed by atoms with Crippen molar-refractivity contribution in [3.8, 4) is 12.1 Å². The highest BCUT2D eigenvalue weighted by Crippen LogP contribution is 2.30. The summed E-state index contributed by atoms with van der Waals surface area (Å²) >= 11 is 0. The van der Waals surface area contributed by atoms with Gasteiger partial charge in [0, 0.05) is 19.3 Å². The zero-order valence-corrected chi connectivity index (χ0v) is 14.9. The van der Waals surface area contributed by atoms with Crippen molar-refractivity contribution in [2.24, 2.45) is 0 Å². The molecule has 1 aromatic rings. The predicted molar refractivity (Wildman–Crippen MR) is 97.0 cm³/mol. The van der Waals surface area contributed by atoms with E-state index in [-0.39, 0.29) is 24.0 Å². The number of nitriles is 2. The zero-order chi connectivity index (χ0) is 18.4. The first-order chi connectivity index (χ1) is 12.6. The van der Waals surface area contributed by atoms with Crippen LogP contribution < -0.4 is 10.6 Å². The number of pyridine rings is 1. The average molecular weight is 352 g/mol. The third-order valence-corrected chi connectivity index (χ3v) is 5.33. The van der Waals surface area contributed by atoms with E-state index in [0.29, 0.717) is 17.9 Å². The summed E-state index contributed by atoms with van der Waals surface area (Å²) < 4.78 is 0. The first-order valence-electron chi connectivity index (χ1n) is 9.19. The van der Waals surface area contributed by atoms with E-state index in [9.17, 15) is 10.1 Å². The monoisotopic (exact) mass is 352 g/mol. The minimum Gasteiger partial charge on any atom is -0.368 e. The lowest BCUT2D eigenvalue weighted by Crippen LogP contribution is -2.54. The minimum atomic E-state index is -0.269. The van der Waals surface area contributed by atoms with Gasteiger partial charge in [-0.25, -0.2) is 4.98 Å². The van der Waals surface area contributed by atoms with Crippen molar-refractivity contribution in [1.82, 2.24) is 15.2 Å². The number of likely N-dealkylation sites (tertiary alicyclic amines) is 1. The van der Waals surface area contributed by atoms with Crippen LogP contribution in [0.2, 0.25) is 0 Å². The summed E-state index contributed by atoms with van der Waals surface area (Å²) in [6, 6.07) is 7.71. The van der Waals surface area contributed by atoms with Crippen LogP contribution in [0.5, 0.6) is 0 Å². The van der Waals surface area contributed by atoms with Gasteiger partial charge in [0.25, 0.3) is 0 Å². The van der Waals surface area contributed by atoms with Gasteiger partial charge in [-0.3, -0.25) is 9.69 Å². The maximum atomic E-state index is 12.6. The molecule has 1 aromatic heterocycles. The Morgan fingerprint density at radius 2 is 2.12 bits per heavy atom. The van der Waals surface area contributed by atoms with Gasteiger partial charge in [-0.05, 0) is 37.8 Å². The van der Waals surface area contributed by atoms with E-state index >= 15 is 0 Å². The second kappa shape index (κ2) is 8.16. The SMILES string of the molecule is N#Cc1ccc(NCC2(NC(=O)CN3CCC[C@H]3C#N)CCCC2)nc1. The summed E-state index contributed by atoms with van der Waals surface area (Å²) in [5.41, 5.74) is 0.256. The highest BCUT2D eigenvalue weighted by atomic mass is 16.2. The molecule has 2 fully saturated rings. The molecule has 1 amide bonds. The van der Waals surface area contributed by atoms with Crippen molar-refractivity contribution in [2.45, 2.75) is 50.1 Å². The van der Waals surface area contributed by atoms with Gasteiger partial charge in [-0.2, -0.15) is 10.5 Å². The van der Waals surface area contributed by atoms with Crippen molar-refractivity contribution in [3.63, 3.8) is 0 Å². The summed E-state index contributed by atoms with van der Waals surface area (Å²) in [6.07, 6.45) is 7.41. The Morgan fingerprint density at radius 3 is 2.77 bits per heavy atom. The molecule has 7 heteroatoms. The number of amides is 1. The number of carbonyl (C=O) groups is 1. The molecule has 1 saturated heterocycles. The van der Waals surface area contributed by atoms with Crippen LogP contribution in [0.15, 0.2) is 18.3 Å². The first kappa shape index (κ1) is 18.2. The number of carbonyl (C=O) groups excluding carboxylic acids is 1. The molecule has 2 heterocycles. The zero-order valence-electron chi connectivity index (χ0n) is 14.9. The Hall–Kier alpha value is -2.64. The number of aromatic nitrogens is 1. The van der Waals surface area contributed by atoms with Crippen LogP contribution in [0.3, 0.4) is 0 Å². The third kappa shape index (κ3) is 4.30. The van der Waals surface area contributed by atoms with Crippen LogP contribution >= 0.6 is 0 Å². The summed E-state index contributed by atoms with van der Waals surface area (Å²) in [5, 5.41) is 24.5. The lowest BCUT2D eigenvalue weighted by atomic mass is 9.97. The van der Waals surface area contributed by atoms with Gasteiger partial charge in [0.2, 0.25) is 5.91 Å². The lowest BCUT2D eigenvalue weighted by Gasteiger charge is -2.32. The van der Waals surface area contributed by atoms with Gasteiger partial charge in [-0.15, -0.1) is 0 Å². The summed E-state index contributed by atoms with van der Waals surface area (Å²) in [6.45, 7) is 1.71. The predicted octanol–water partition coefficient (Wildman–Crippen LogP) is 1.78. The molecule has 0 unspecified atom stereocenters. The number of nitrogens with zero attached hydrogens (tertiary/aromatic N) is 4. The Labute approximate surface area is 154 Å². The van der Waals surface area contributed by atoms with Crippen LogP contribution in [0.1, 0.15) is 44.1 Å². The number of anilines is 1. The third-order valence-electron chi connectivity index (χ3n) is 5.33. The Kier molecular flexibility index (Phi) is 5.70. The Morgan fingerprint density at radius 1 is 1.31 bits per heavy atom.